The van der Waals surface area contributed by atoms with Crippen LogP contribution in [0, 0.1) is 0 Å². The molecule has 0 spiro atoms. The molecule has 0 saturated heterocycles. The molecule has 0 aliphatic rings. The number of aliphatic hydroxyl groups is 1. The zero-order chi connectivity index (χ0) is 24.2. The lowest BCUT2D eigenvalue weighted by Gasteiger charge is -2.42. The number of alkyl halides is 18. The van der Waals surface area contributed by atoms with Gasteiger partial charge in [0.15, 0.2) is 6.17 Å². The Bertz CT molecular complexity index is 576. The van der Waals surface area contributed by atoms with Gasteiger partial charge in [-0.25, -0.2) is 17.6 Å². The van der Waals surface area contributed by atoms with Gasteiger partial charge in [0.25, 0.3) is 6.43 Å². The highest BCUT2D eigenvalue weighted by molar-refractivity contribution is 5.14. The van der Waals surface area contributed by atoms with E-state index in [1.165, 1.54) is 0 Å². The van der Waals surface area contributed by atoms with Gasteiger partial charge in [0, 0.05) is 0 Å². The molecular weight excluding hydrogens is 478 g/mol. The molecule has 0 aromatic carbocycles. The summed E-state index contributed by atoms with van der Waals surface area (Å²) in [5, 5.41) is 7.42. The van der Waals surface area contributed by atoms with Crippen LogP contribution < -0.4 is 0 Å². The molecule has 2 atom stereocenters. The Hall–Kier alpha value is -1.30. The quantitative estimate of drug-likeness (QED) is 0.441. The molecule has 0 saturated carbocycles. The van der Waals surface area contributed by atoms with E-state index in [1.807, 2.05) is 0 Å². The van der Waals surface area contributed by atoms with Crippen molar-refractivity contribution in [2.24, 2.45) is 0 Å². The van der Waals surface area contributed by atoms with Gasteiger partial charge in [-0.3, -0.25) is 0 Å². The van der Waals surface area contributed by atoms with E-state index in [-0.39, 0.29) is 0 Å². The average Bonchev–Trinajstić information content (AvgIpc) is 2.50. The van der Waals surface area contributed by atoms with Gasteiger partial charge in [-0.1, -0.05) is 0 Å². The fourth-order valence-corrected chi connectivity index (χ4v) is 1.49. The summed E-state index contributed by atoms with van der Waals surface area (Å²) in [6, 6.07) is 0. The van der Waals surface area contributed by atoms with Crippen molar-refractivity contribution in [3.05, 3.63) is 0 Å². The fourth-order valence-electron chi connectivity index (χ4n) is 1.49. The third kappa shape index (κ3) is 3.66. The number of hydrogen-bond donors (Lipinski definition) is 1. The van der Waals surface area contributed by atoms with Crippen molar-refractivity contribution in [2.45, 2.75) is 60.4 Å². The first-order valence-electron chi connectivity index (χ1n) is 6.20. The first-order valence-corrected chi connectivity index (χ1v) is 6.20. The maximum Gasteiger partial charge on any atom is 0.423 e. The summed E-state index contributed by atoms with van der Waals surface area (Å²) >= 11 is 0. The molecule has 0 bridgehead atoms. The van der Waals surface area contributed by atoms with Crippen LogP contribution in [0.25, 0.3) is 0 Å². The maximum absolute atomic E-state index is 13.1. The molecule has 176 valence electrons. The van der Waals surface area contributed by atoms with Gasteiger partial charge in [-0.15, -0.1) is 0 Å². The molecule has 0 fully saturated rings. The molecule has 0 aliphatic carbocycles. The normalized spacial score (nSPS) is 18.2. The van der Waals surface area contributed by atoms with Gasteiger partial charge in [0.05, 0.1) is 0 Å². The Morgan fingerprint density at radius 2 is 0.724 bits per heavy atom. The highest BCUT2D eigenvalue weighted by Crippen LogP contribution is 2.62. The first kappa shape index (κ1) is 27.7. The van der Waals surface area contributed by atoms with Crippen LogP contribution in [-0.4, -0.2) is 65.5 Å². The molecule has 0 radical (unpaired) electrons. The highest BCUT2D eigenvalue weighted by Gasteiger charge is 2.93. The minimum Gasteiger partial charge on any atom is -0.331 e. The van der Waals surface area contributed by atoms with Crippen molar-refractivity contribution in [3.8, 4) is 0 Å². The van der Waals surface area contributed by atoms with E-state index in [0.29, 0.717) is 0 Å². The molecular formula is C10H4F18O. The van der Waals surface area contributed by atoms with E-state index in [4.69, 9.17) is 5.11 Å². The summed E-state index contributed by atoms with van der Waals surface area (Å²) in [6.07, 6.45) is -23.2. The van der Waals surface area contributed by atoms with Gasteiger partial charge in [0.2, 0.25) is 6.17 Å². The molecule has 0 rings (SSSR count). The zero-order valence-corrected chi connectivity index (χ0v) is 12.5. The van der Waals surface area contributed by atoms with Gasteiger partial charge >= 0.3 is 41.6 Å². The topological polar surface area (TPSA) is 20.2 Å². The zero-order valence-electron chi connectivity index (χ0n) is 12.5. The number of halogens is 18. The Balaban J connectivity index is 6.57. The Kier molecular flexibility index (Phi) is 6.82. The third-order valence-electron chi connectivity index (χ3n) is 3.24. The Morgan fingerprint density at radius 1 is 0.448 bits per heavy atom. The molecule has 0 aromatic rings. The predicted molar refractivity (Wildman–Crippen MR) is 52.6 cm³/mol. The second-order valence-corrected chi connectivity index (χ2v) is 5.22. The monoisotopic (exact) mass is 482 g/mol. The molecule has 0 aliphatic heterocycles. The minimum absolute atomic E-state index is 4.97. The van der Waals surface area contributed by atoms with Gasteiger partial charge < -0.3 is 5.11 Å². The maximum atomic E-state index is 13.1. The van der Waals surface area contributed by atoms with Crippen molar-refractivity contribution in [3.63, 3.8) is 0 Å². The molecule has 2 unspecified atom stereocenters. The number of hydrogen-bond acceptors (Lipinski definition) is 1. The van der Waals surface area contributed by atoms with Crippen molar-refractivity contribution in [1.82, 2.24) is 0 Å². The smallest absolute Gasteiger partial charge is 0.331 e. The third-order valence-corrected chi connectivity index (χ3v) is 3.24. The average molecular weight is 482 g/mol. The summed E-state index contributed by atoms with van der Waals surface area (Å²) in [7, 11) is 0. The van der Waals surface area contributed by atoms with E-state index in [9.17, 15) is 79.0 Å². The van der Waals surface area contributed by atoms with Crippen LogP contribution in [0.5, 0.6) is 0 Å². The standard InChI is InChI=1S/C10H4F18O/c11-1(3(13)14)2(12)4(15,16)5(17,18)6(19,20)7(21,22)8(23,24)9(25,26)10(27,28)29/h1-3,29H. The molecule has 29 heavy (non-hydrogen) atoms. The lowest BCUT2D eigenvalue weighted by Crippen LogP contribution is -2.74. The summed E-state index contributed by atoms with van der Waals surface area (Å²) in [4.78, 5) is 0. The molecule has 1 N–H and O–H groups in total. The van der Waals surface area contributed by atoms with Gasteiger partial charge in [0.1, 0.15) is 0 Å². The van der Waals surface area contributed by atoms with Crippen molar-refractivity contribution in [2.75, 3.05) is 0 Å². The van der Waals surface area contributed by atoms with Crippen molar-refractivity contribution >= 4 is 0 Å². The van der Waals surface area contributed by atoms with E-state index >= 15 is 0 Å². The largest absolute Gasteiger partial charge is 0.423 e. The molecule has 0 heterocycles. The Morgan fingerprint density at radius 3 is 1.00 bits per heavy atom. The molecule has 0 aromatic heterocycles. The van der Waals surface area contributed by atoms with Crippen LogP contribution in [0.3, 0.4) is 0 Å². The number of rotatable bonds is 9. The van der Waals surface area contributed by atoms with E-state index < -0.39 is 60.4 Å². The van der Waals surface area contributed by atoms with E-state index in [0.717, 1.165) is 0 Å². The van der Waals surface area contributed by atoms with Crippen LogP contribution >= 0.6 is 0 Å². The molecule has 19 heteroatoms. The van der Waals surface area contributed by atoms with Gasteiger partial charge in [-0.05, 0) is 0 Å². The first-order chi connectivity index (χ1) is 12.3. The predicted octanol–water partition coefficient (Wildman–Crippen LogP) is 5.32. The molecule has 0 amide bonds. The minimum atomic E-state index is -8.63. The van der Waals surface area contributed by atoms with Crippen molar-refractivity contribution < 1.29 is 84.1 Å². The van der Waals surface area contributed by atoms with Crippen LogP contribution in [-0.2, 0) is 0 Å². The highest BCUT2D eigenvalue weighted by atomic mass is 19.4. The second kappa shape index (κ2) is 7.14. The van der Waals surface area contributed by atoms with E-state index in [2.05, 4.69) is 0 Å². The summed E-state index contributed by atoms with van der Waals surface area (Å²) < 4.78 is 228. The lowest BCUT2D eigenvalue weighted by atomic mass is 9.88. The van der Waals surface area contributed by atoms with Crippen LogP contribution in [0.2, 0.25) is 0 Å². The Labute approximate surface area is 146 Å². The summed E-state index contributed by atoms with van der Waals surface area (Å²) in [5.74, 6) is -49.7. The van der Waals surface area contributed by atoms with Gasteiger partial charge in [-0.2, -0.15) is 61.5 Å². The van der Waals surface area contributed by atoms with E-state index in [1.54, 1.807) is 0 Å². The summed E-state index contributed by atoms with van der Waals surface area (Å²) in [5.41, 5.74) is 0. The van der Waals surface area contributed by atoms with Crippen LogP contribution in [0.1, 0.15) is 0 Å². The van der Waals surface area contributed by atoms with Crippen LogP contribution in [0.4, 0.5) is 79.0 Å². The van der Waals surface area contributed by atoms with Crippen molar-refractivity contribution in [1.29, 1.82) is 0 Å². The fraction of sp³-hybridized carbons (Fsp3) is 1.00. The lowest BCUT2D eigenvalue weighted by molar-refractivity contribution is -0.463. The SMILES string of the molecule is OC(F)(F)C(F)(F)C(F)(F)C(F)(F)C(F)(F)C(F)(F)C(F)(F)C(F)C(F)C(F)F. The van der Waals surface area contributed by atoms with Crippen LogP contribution in [0.15, 0.2) is 0 Å². The molecule has 1 nitrogen and oxygen atoms in total. The summed E-state index contributed by atoms with van der Waals surface area (Å²) in [6.45, 7) is 0. The second-order valence-electron chi connectivity index (χ2n) is 5.22.